The molecule has 0 saturated carbocycles. The first-order chi connectivity index (χ1) is 12.1. The zero-order valence-corrected chi connectivity index (χ0v) is 14.7. The third kappa shape index (κ3) is 3.39. The second-order valence-corrected chi connectivity index (χ2v) is 7.06. The van der Waals surface area contributed by atoms with Crippen LogP contribution in [0.1, 0.15) is 29.6 Å². The van der Waals surface area contributed by atoms with Gasteiger partial charge in [0.15, 0.2) is 11.5 Å². The first-order valence-corrected chi connectivity index (χ1v) is 8.78. The number of hydrogen-bond donors (Lipinski definition) is 1. The lowest BCUT2D eigenvalue weighted by atomic mass is 9.98. The Morgan fingerprint density at radius 1 is 1.32 bits per heavy atom. The molecule has 1 atom stereocenters. The number of H-pyrrole nitrogens is 1. The molecule has 1 unspecified atom stereocenters. The van der Waals surface area contributed by atoms with Gasteiger partial charge in [0.05, 0.1) is 5.69 Å². The molecule has 2 aliphatic rings. The smallest absolute Gasteiger partial charge is 0.254 e. The van der Waals surface area contributed by atoms with E-state index in [1.807, 2.05) is 13.0 Å². The van der Waals surface area contributed by atoms with Crippen molar-refractivity contribution in [2.45, 2.75) is 33.2 Å². The average Bonchev–Trinajstić information content (AvgIpc) is 3.01. The van der Waals surface area contributed by atoms with Crippen molar-refractivity contribution in [2.75, 3.05) is 19.9 Å². The van der Waals surface area contributed by atoms with Crippen LogP contribution in [0.25, 0.3) is 0 Å². The molecule has 25 heavy (non-hydrogen) atoms. The molecule has 0 radical (unpaired) electrons. The highest BCUT2D eigenvalue weighted by atomic mass is 16.7. The fourth-order valence-corrected chi connectivity index (χ4v) is 3.75. The van der Waals surface area contributed by atoms with Crippen LogP contribution in [0.4, 0.5) is 0 Å². The number of hydrogen-bond acceptors (Lipinski definition) is 5. The maximum absolute atomic E-state index is 12.0. The Hall–Kier alpha value is -2.34. The summed E-state index contributed by atoms with van der Waals surface area (Å²) in [5.74, 6) is 2.87. The summed E-state index contributed by atoms with van der Waals surface area (Å²) in [6.07, 6.45) is 1.76. The van der Waals surface area contributed by atoms with Gasteiger partial charge in [-0.25, -0.2) is 4.98 Å². The van der Waals surface area contributed by atoms with Crippen molar-refractivity contribution in [1.82, 2.24) is 14.9 Å². The summed E-state index contributed by atoms with van der Waals surface area (Å²) < 4.78 is 10.8. The van der Waals surface area contributed by atoms with E-state index in [9.17, 15) is 4.79 Å². The molecule has 2 aromatic rings. The van der Waals surface area contributed by atoms with Crippen molar-refractivity contribution < 1.29 is 9.47 Å². The van der Waals surface area contributed by atoms with Gasteiger partial charge in [-0.05, 0) is 43.4 Å². The predicted octanol–water partition coefficient (Wildman–Crippen LogP) is 2.04. The van der Waals surface area contributed by atoms with E-state index < -0.39 is 0 Å². The molecular weight excluding hydrogens is 318 g/mol. The molecule has 132 valence electrons. The van der Waals surface area contributed by atoms with Gasteiger partial charge in [-0.2, -0.15) is 0 Å². The molecule has 0 fully saturated rings. The van der Waals surface area contributed by atoms with Crippen LogP contribution in [-0.4, -0.2) is 34.8 Å². The highest BCUT2D eigenvalue weighted by molar-refractivity contribution is 5.44. The number of aromatic amines is 1. The normalized spacial score (nSPS) is 17.4. The summed E-state index contributed by atoms with van der Waals surface area (Å²) in [6, 6.07) is 6.18. The first kappa shape index (κ1) is 16.1. The van der Waals surface area contributed by atoms with Crippen LogP contribution in [-0.2, 0) is 19.4 Å². The van der Waals surface area contributed by atoms with E-state index in [1.54, 1.807) is 0 Å². The van der Waals surface area contributed by atoms with E-state index in [0.29, 0.717) is 18.5 Å². The quantitative estimate of drug-likeness (QED) is 0.922. The van der Waals surface area contributed by atoms with Gasteiger partial charge in [0.25, 0.3) is 5.56 Å². The molecular formula is C19H23N3O3. The number of aryl methyl sites for hydroxylation is 1. The second kappa shape index (κ2) is 6.52. The van der Waals surface area contributed by atoms with Gasteiger partial charge < -0.3 is 14.5 Å². The van der Waals surface area contributed by atoms with Gasteiger partial charge in [-0.15, -0.1) is 0 Å². The Balaban J connectivity index is 1.40. The third-order valence-electron chi connectivity index (χ3n) is 4.86. The van der Waals surface area contributed by atoms with Gasteiger partial charge in [-0.1, -0.05) is 13.0 Å². The van der Waals surface area contributed by atoms with E-state index >= 15 is 0 Å². The van der Waals surface area contributed by atoms with E-state index in [2.05, 4.69) is 33.9 Å². The van der Waals surface area contributed by atoms with Crippen molar-refractivity contribution in [1.29, 1.82) is 0 Å². The van der Waals surface area contributed by atoms with Crippen LogP contribution < -0.4 is 15.0 Å². The van der Waals surface area contributed by atoms with E-state index in [4.69, 9.17) is 9.47 Å². The minimum Gasteiger partial charge on any atom is -0.454 e. The van der Waals surface area contributed by atoms with Gasteiger partial charge in [0.2, 0.25) is 6.79 Å². The van der Waals surface area contributed by atoms with Crippen molar-refractivity contribution in [3.05, 3.63) is 51.2 Å². The second-order valence-electron chi connectivity index (χ2n) is 7.06. The maximum atomic E-state index is 12.0. The molecule has 6 nitrogen and oxygen atoms in total. The number of rotatable bonds is 4. The highest BCUT2D eigenvalue weighted by Crippen LogP contribution is 2.33. The number of nitrogens with one attached hydrogen (secondary N) is 1. The lowest BCUT2D eigenvalue weighted by Crippen LogP contribution is -2.38. The maximum Gasteiger partial charge on any atom is 0.254 e. The molecule has 0 aliphatic carbocycles. The minimum atomic E-state index is 0.0237. The molecule has 4 rings (SSSR count). The Morgan fingerprint density at radius 3 is 3.04 bits per heavy atom. The molecule has 3 heterocycles. The number of aromatic nitrogens is 2. The topological polar surface area (TPSA) is 67.5 Å². The summed E-state index contributed by atoms with van der Waals surface area (Å²) in [5.41, 5.74) is 3.07. The molecule has 6 heteroatoms. The summed E-state index contributed by atoms with van der Waals surface area (Å²) in [7, 11) is 0. The molecule has 0 spiro atoms. The zero-order chi connectivity index (χ0) is 17.4. The first-order valence-electron chi connectivity index (χ1n) is 8.78. The molecule has 0 amide bonds. The van der Waals surface area contributed by atoms with E-state index in [1.165, 1.54) is 5.56 Å². The van der Waals surface area contributed by atoms with Crippen LogP contribution in [0.2, 0.25) is 0 Å². The molecule has 1 aromatic carbocycles. The summed E-state index contributed by atoms with van der Waals surface area (Å²) in [4.78, 5) is 21.7. The molecule has 0 bridgehead atoms. The Kier molecular flexibility index (Phi) is 4.21. The number of nitrogens with zero attached hydrogens (tertiary/aromatic N) is 2. The Morgan fingerprint density at radius 2 is 2.16 bits per heavy atom. The van der Waals surface area contributed by atoms with Gasteiger partial charge in [0, 0.05) is 25.2 Å². The Bertz CT molecular complexity index is 846. The monoisotopic (exact) mass is 341 g/mol. The summed E-state index contributed by atoms with van der Waals surface area (Å²) >= 11 is 0. The summed E-state index contributed by atoms with van der Waals surface area (Å²) in [5, 5.41) is 0. The number of benzene rings is 1. The average molecular weight is 341 g/mol. The molecule has 1 aromatic heterocycles. The van der Waals surface area contributed by atoms with Crippen LogP contribution in [0.3, 0.4) is 0 Å². The van der Waals surface area contributed by atoms with E-state index in [-0.39, 0.29) is 5.56 Å². The van der Waals surface area contributed by atoms with Crippen molar-refractivity contribution in [3.8, 4) is 11.5 Å². The van der Waals surface area contributed by atoms with Gasteiger partial charge in [0.1, 0.15) is 5.82 Å². The Labute approximate surface area is 146 Å². The molecule has 2 aliphatic heterocycles. The largest absolute Gasteiger partial charge is 0.454 e. The standard InChI is InChI=1S/C19H23N3O3/c1-12(7-14-3-4-17-18(8-14)25-11-24-17)9-22-6-5-15-16(10-22)20-13(2)21-19(15)23/h3-4,8,12H,5-7,9-11H2,1-2H3,(H,20,21,23). The minimum absolute atomic E-state index is 0.0237. The SMILES string of the molecule is Cc1nc2c(c(=O)[nH]1)CCN(CC(C)Cc1ccc3c(c1)OCO3)C2. The molecule has 1 N–H and O–H groups in total. The van der Waals surface area contributed by atoms with Crippen molar-refractivity contribution in [3.63, 3.8) is 0 Å². The fraction of sp³-hybridized carbons (Fsp3) is 0.474. The van der Waals surface area contributed by atoms with Crippen LogP contribution in [0, 0.1) is 12.8 Å². The fourth-order valence-electron chi connectivity index (χ4n) is 3.75. The van der Waals surface area contributed by atoms with Crippen molar-refractivity contribution >= 4 is 0 Å². The van der Waals surface area contributed by atoms with Crippen molar-refractivity contribution in [2.24, 2.45) is 5.92 Å². The van der Waals surface area contributed by atoms with E-state index in [0.717, 1.165) is 55.2 Å². The zero-order valence-electron chi connectivity index (χ0n) is 14.7. The molecule has 0 saturated heterocycles. The number of ether oxygens (including phenoxy) is 2. The van der Waals surface area contributed by atoms with Crippen LogP contribution in [0.5, 0.6) is 11.5 Å². The number of fused-ring (bicyclic) bond motifs is 2. The van der Waals surface area contributed by atoms with Crippen LogP contribution >= 0.6 is 0 Å². The van der Waals surface area contributed by atoms with Crippen LogP contribution in [0.15, 0.2) is 23.0 Å². The van der Waals surface area contributed by atoms with Gasteiger partial charge >= 0.3 is 0 Å². The summed E-state index contributed by atoms with van der Waals surface area (Å²) in [6.45, 7) is 7.06. The van der Waals surface area contributed by atoms with Gasteiger partial charge in [-0.3, -0.25) is 9.69 Å². The third-order valence-corrected chi connectivity index (χ3v) is 4.86. The lowest BCUT2D eigenvalue weighted by Gasteiger charge is -2.29. The predicted molar refractivity (Wildman–Crippen MR) is 94.0 cm³/mol. The highest BCUT2D eigenvalue weighted by Gasteiger charge is 2.22. The lowest BCUT2D eigenvalue weighted by molar-refractivity contribution is 0.174.